The van der Waals surface area contributed by atoms with Gasteiger partial charge in [-0.05, 0) is 0 Å². The summed E-state index contributed by atoms with van der Waals surface area (Å²) in [5.74, 6) is -0.158. The molecule has 3 heteroatoms. The minimum absolute atomic E-state index is 0.158. The molecule has 0 heterocycles. The van der Waals surface area contributed by atoms with Gasteiger partial charge in [0.05, 0.1) is 14.3 Å². The predicted octanol–water partition coefficient (Wildman–Crippen LogP) is 1.82. The van der Waals surface area contributed by atoms with Crippen molar-refractivity contribution < 1.29 is 9.53 Å². The van der Waals surface area contributed by atoms with E-state index in [4.69, 9.17) is 4.74 Å². The standard InChI is InChI=1S/C7H16O2Si/c1-5-10(3,4)6-9-7(2)8/h5-6H2,1-4H3. The maximum absolute atomic E-state index is 10.4. The molecular formula is C7H16O2Si. The first-order valence-electron chi connectivity index (χ1n) is 3.61. The zero-order chi connectivity index (χ0) is 8.20. The van der Waals surface area contributed by atoms with E-state index in [9.17, 15) is 4.79 Å². The van der Waals surface area contributed by atoms with Crippen LogP contribution < -0.4 is 0 Å². The van der Waals surface area contributed by atoms with Gasteiger partial charge in [-0.1, -0.05) is 26.1 Å². The van der Waals surface area contributed by atoms with Gasteiger partial charge in [-0.3, -0.25) is 4.79 Å². The van der Waals surface area contributed by atoms with Crippen LogP contribution >= 0.6 is 0 Å². The van der Waals surface area contributed by atoms with E-state index in [0.717, 1.165) is 0 Å². The van der Waals surface area contributed by atoms with Crippen molar-refractivity contribution in [3.05, 3.63) is 0 Å². The number of ether oxygens (including phenoxy) is 1. The Morgan fingerprint density at radius 1 is 1.50 bits per heavy atom. The number of rotatable bonds is 3. The smallest absolute Gasteiger partial charge is 0.302 e. The molecule has 0 rings (SSSR count). The molecule has 0 aromatic carbocycles. The van der Waals surface area contributed by atoms with Crippen molar-refractivity contribution in [2.75, 3.05) is 6.23 Å². The first-order chi connectivity index (χ1) is 4.48. The van der Waals surface area contributed by atoms with Gasteiger partial charge in [0.2, 0.25) is 0 Å². The minimum atomic E-state index is -1.18. The largest absolute Gasteiger partial charge is 0.470 e. The lowest BCUT2D eigenvalue weighted by molar-refractivity contribution is -0.139. The highest BCUT2D eigenvalue weighted by atomic mass is 28.3. The Morgan fingerprint density at radius 2 is 2.00 bits per heavy atom. The lowest BCUT2D eigenvalue weighted by atomic mass is 10.8. The third-order valence-electron chi connectivity index (χ3n) is 1.62. The molecule has 0 radical (unpaired) electrons. The van der Waals surface area contributed by atoms with E-state index in [2.05, 4.69) is 20.0 Å². The van der Waals surface area contributed by atoms with E-state index in [1.165, 1.54) is 13.0 Å². The van der Waals surface area contributed by atoms with E-state index in [1.807, 2.05) is 0 Å². The van der Waals surface area contributed by atoms with Crippen molar-refractivity contribution in [1.29, 1.82) is 0 Å². The quantitative estimate of drug-likeness (QED) is 0.465. The predicted molar refractivity (Wildman–Crippen MR) is 44.6 cm³/mol. The first kappa shape index (κ1) is 9.69. The van der Waals surface area contributed by atoms with Crippen LogP contribution in [0.4, 0.5) is 0 Å². The highest BCUT2D eigenvalue weighted by molar-refractivity contribution is 6.77. The van der Waals surface area contributed by atoms with Crippen LogP contribution in [0.5, 0.6) is 0 Å². The van der Waals surface area contributed by atoms with Gasteiger partial charge < -0.3 is 4.74 Å². The average Bonchev–Trinajstić information content (AvgIpc) is 1.85. The van der Waals surface area contributed by atoms with Crippen molar-refractivity contribution in [1.82, 2.24) is 0 Å². The van der Waals surface area contributed by atoms with Crippen LogP contribution in [0.1, 0.15) is 13.8 Å². The molecule has 0 aromatic heterocycles. The number of hydrogen-bond acceptors (Lipinski definition) is 2. The van der Waals surface area contributed by atoms with Gasteiger partial charge in [0.25, 0.3) is 0 Å². The van der Waals surface area contributed by atoms with Gasteiger partial charge in [0, 0.05) is 6.92 Å². The molecule has 10 heavy (non-hydrogen) atoms. The van der Waals surface area contributed by atoms with E-state index in [0.29, 0.717) is 6.23 Å². The lowest BCUT2D eigenvalue weighted by Crippen LogP contribution is -2.32. The summed E-state index contributed by atoms with van der Waals surface area (Å²) in [6.45, 7) is 8.04. The third-order valence-corrected chi connectivity index (χ3v) is 4.46. The van der Waals surface area contributed by atoms with Gasteiger partial charge in [-0.25, -0.2) is 0 Å². The molecular weight excluding hydrogens is 144 g/mol. The summed E-state index contributed by atoms with van der Waals surface area (Å²) in [4.78, 5) is 10.4. The molecule has 0 aliphatic rings. The lowest BCUT2D eigenvalue weighted by Gasteiger charge is -2.18. The number of carbonyl (C=O) groups excluding carboxylic acids is 1. The van der Waals surface area contributed by atoms with Crippen LogP contribution in [-0.4, -0.2) is 20.3 Å². The van der Waals surface area contributed by atoms with Crippen molar-refractivity contribution in [2.45, 2.75) is 33.0 Å². The normalized spacial score (nSPS) is 11.2. The highest BCUT2D eigenvalue weighted by Crippen LogP contribution is 2.07. The Kier molecular flexibility index (Phi) is 3.64. The van der Waals surface area contributed by atoms with Crippen LogP contribution in [0.2, 0.25) is 19.1 Å². The number of carbonyl (C=O) groups is 1. The second-order valence-electron chi connectivity index (χ2n) is 3.30. The van der Waals surface area contributed by atoms with Crippen molar-refractivity contribution >= 4 is 14.0 Å². The summed E-state index contributed by atoms with van der Waals surface area (Å²) in [7, 11) is -1.18. The Bertz CT molecular complexity index is 121. The molecule has 60 valence electrons. The van der Waals surface area contributed by atoms with Crippen molar-refractivity contribution in [3.63, 3.8) is 0 Å². The van der Waals surface area contributed by atoms with E-state index >= 15 is 0 Å². The van der Waals surface area contributed by atoms with Crippen molar-refractivity contribution in [2.24, 2.45) is 0 Å². The molecule has 0 aliphatic carbocycles. The van der Waals surface area contributed by atoms with Crippen LogP contribution in [0, 0.1) is 0 Å². The maximum Gasteiger partial charge on any atom is 0.302 e. The fourth-order valence-corrected chi connectivity index (χ4v) is 1.20. The van der Waals surface area contributed by atoms with Crippen LogP contribution in [0.25, 0.3) is 0 Å². The van der Waals surface area contributed by atoms with Crippen molar-refractivity contribution in [3.8, 4) is 0 Å². The molecule has 0 saturated carbocycles. The average molecular weight is 160 g/mol. The zero-order valence-electron chi connectivity index (χ0n) is 7.23. The molecule has 0 bridgehead atoms. The molecule has 0 fully saturated rings. The molecule has 0 atom stereocenters. The zero-order valence-corrected chi connectivity index (χ0v) is 8.23. The summed E-state index contributed by atoms with van der Waals surface area (Å²) in [5, 5.41) is 0. The topological polar surface area (TPSA) is 26.3 Å². The molecule has 0 spiro atoms. The number of esters is 1. The molecule has 0 amide bonds. The summed E-state index contributed by atoms with van der Waals surface area (Å²) in [5.41, 5.74) is 0. The SMILES string of the molecule is CC[Si](C)(C)COC(C)=O. The first-order valence-corrected chi connectivity index (χ1v) is 7.03. The molecule has 0 aliphatic heterocycles. The second-order valence-corrected chi connectivity index (χ2v) is 8.62. The summed E-state index contributed by atoms with van der Waals surface area (Å²) < 4.78 is 4.92. The molecule has 0 saturated heterocycles. The van der Waals surface area contributed by atoms with Crippen LogP contribution in [0.15, 0.2) is 0 Å². The minimum Gasteiger partial charge on any atom is -0.470 e. The van der Waals surface area contributed by atoms with Crippen LogP contribution in [0.3, 0.4) is 0 Å². The Balaban J connectivity index is 3.56. The summed E-state index contributed by atoms with van der Waals surface area (Å²) >= 11 is 0. The van der Waals surface area contributed by atoms with E-state index < -0.39 is 8.07 Å². The third kappa shape index (κ3) is 4.55. The highest BCUT2D eigenvalue weighted by Gasteiger charge is 2.19. The van der Waals surface area contributed by atoms with Gasteiger partial charge >= 0.3 is 5.97 Å². The Hall–Kier alpha value is -0.313. The second kappa shape index (κ2) is 3.76. The van der Waals surface area contributed by atoms with Gasteiger partial charge in [-0.15, -0.1) is 0 Å². The maximum atomic E-state index is 10.4. The molecule has 0 aromatic rings. The summed E-state index contributed by atoms with van der Waals surface area (Å²) in [6.07, 6.45) is 0.666. The summed E-state index contributed by atoms with van der Waals surface area (Å²) in [6, 6.07) is 1.17. The van der Waals surface area contributed by atoms with E-state index in [-0.39, 0.29) is 5.97 Å². The molecule has 2 nitrogen and oxygen atoms in total. The molecule has 0 unspecified atom stereocenters. The van der Waals surface area contributed by atoms with Crippen LogP contribution in [-0.2, 0) is 9.53 Å². The van der Waals surface area contributed by atoms with Gasteiger partial charge in [0.1, 0.15) is 0 Å². The fourth-order valence-electron chi connectivity index (χ4n) is 0.399. The van der Waals surface area contributed by atoms with Gasteiger partial charge in [0.15, 0.2) is 0 Å². The van der Waals surface area contributed by atoms with E-state index in [1.54, 1.807) is 0 Å². The number of hydrogen-bond donors (Lipinski definition) is 0. The Labute approximate surface area is 63.6 Å². The van der Waals surface area contributed by atoms with Gasteiger partial charge in [-0.2, -0.15) is 0 Å². The Morgan fingerprint density at radius 3 is 2.30 bits per heavy atom. The molecule has 0 N–H and O–H groups in total. The fraction of sp³-hybridized carbons (Fsp3) is 0.857. The monoisotopic (exact) mass is 160 g/mol.